The van der Waals surface area contributed by atoms with Gasteiger partial charge in [-0.2, -0.15) is 0 Å². The minimum atomic E-state index is -1.53. The Morgan fingerprint density at radius 1 is 0.531 bits per heavy atom. The zero-order valence-electron chi connectivity index (χ0n) is 64.8. The van der Waals surface area contributed by atoms with Gasteiger partial charge in [0.15, 0.2) is 0 Å². The normalized spacial score (nSPS) is 22.7. The van der Waals surface area contributed by atoms with Crippen LogP contribution < -0.4 is 62.8 Å². The molecule has 6 aromatic carbocycles. The summed E-state index contributed by atoms with van der Waals surface area (Å²) in [4.78, 5) is 154. The molecule has 113 heavy (non-hydrogen) atoms. The van der Waals surface area contributed by atoms with Crippen LogP contribution in [0.25, 0.3) is 21.5 Å². The molecule has 9 heterocycles. The van der Waals surface area contributed by atoms with Crippen molar-refractivity contribution in [3.8, 4) is 11.5 Å². The first-order valence-electron chi connectivity index (χ1n) is 37.9. The molecule has 1 unspecified atom stereocenters. The zero-order valence-corrected chi connectivity index (χ0v) is 64.8. The summed E-state index contributed by atoms with van der Waals surface area (Å²) in [5.41, 5.74) is 4.00. The zero-order chi connectivity index (χ0) is 80.6. The molecule has 9 amide bonds. The molecule has 0 spiro atoms. The number of carbonyl (C=O) groups excluding carboxylic acids is 9. The van der Waals surface area contributed by atoms with E-state index < -0.39 is 149 Å². The Labute approximate surface area is 653 Å². The van der Waals surface area contributed by atoms with E-state index in [0.29, 0.717) is 45.1 Å². The van der Waals surface area contributed by atoms with Gasteiger partial charge in [0.1, 0.15) is 84.6 Å². The lowest BCUT2D eigenvalue weighted by Gasteiger charge is -2.37. The average molecular weight is 1550 g/mol. The van der Waals surface area contributed by atoms with Gasteiger partial charge in [0.05, 0.1) is 42.6 Å². The number of carbonyl (C=O) groups is 10. The fraction of sp³-hybridized carbons (Fsp3) is 0.432. The van der Waals surface area contributed by atoms with E-state index in [1.54, 1.807) is 130 Å². The van der Waals surface area contributed by atoms with Crippen LogP contribution in [-0.2, 0) is 86.9 Å². The Kier molecular flexibility index (Phi) is 24.8. The summed E-state index contributed by atoms with van der Waals surface area (Å²) >= 11 is 0. The van der Waals surface area contributed by atoms with Gasteiger partial charge in [0.25, 0.3) is 0 Å². The molecule has 32 heteroatoms. The Balaban J connectivity index is 0.897. The van der Waals surface area contributed by atoms with Gasteiger partial charge in [-0.1, -0.05) is 161 Å². The van der Waals surface area contributed by atoms with Crippen LogP contribution in [0.2, 0.25) is 0 Å². The number of likely N-dealkylation sites (tertiary alicyclic amines) is 2. The number of fused-ring (bicyclic) bond motifs is 2. The number of carboxylic acid groups (broad SMARTS) is 1. The van der Waals surface area contributed by atoms with E-state index in [4.69, 9.17) is 14.3 Å². The van der Waals surface area contributed by atoms with Crippen LogP contribution in [0.4, 0.5) is 4.79 Å². The summed E-state index contributed by atoms with van der Waals surface area (Å²) in [7, 11) is 3.24. The van der Waals surface area contributed by atoms with Gasteiger partial charge in [0.2, 0.25) is 47.3 Å². The first-order valence-corrected chi connectivity index (χ1v) is 37.9. The number of hydrogen-bond donors (Lipinski definition) is 11. The molecule has 0 aliphatic carbocycles. The summed E-state index contributed by atoms with van der Waals surface area (Å²) in [5, 5.41) is 58.5. The fourth-order valence-electron chi connectivity index (χ4n) is 14.6. The number of amides is 9. The molecular formula is C81H98N18O14. The van der Waals surface area contributed by atoms with Crippen molar-refractivity contribution in [2.24, 2.45) is 10.8 Å². The number of nitrogens with zero attached hydrogens (tertiary/aromatic N) is 8. The molecule has 0 radical (unpaired) electrons. The molecule has 0 saturated carbocycles. The lowest BCUT2D eigenvalue weighted by atomic mass is 9.85. The number of hydroxylamine groups is 1. The molecular weight excluding hydrogens is 1450 g/mol. The third kappa shape index (κ3) is 19.4. The van der Waals surface area contributed by atoms with Crippen LogP contribution >= 0.6 is 0 Å². The molecule has 11 N–H and O–H groups in total. The molecule has 3 fully saturated rings. The van der Waals surface area contributed by atoms with E-state index in [0.717, 1.165) is 21.5 Å². The molecule has 8 bridgehead atoms. The lowest BCUT2D eigenvalue weighted by molar-refractivity contribution is -0.145. The highest BCUT2D eigenvalue weighted by Gasteiger charge is 2.51. The van der Waals surface area contributed by atoms with E-state index in [2.05, 4.69) is 74.0 Å². The van der Waals surface area contributed by atoms with Crippen LogP contribution in [0, 0.1) is 10.8 Å². The van der Waals surface area contributed by atoms with Gasteiger partial charge in [-0.05, 0) is 126 Å². The van der Waals surface area contributed by atoms with Crippen LogP contribution in [0.5, 0.6) is 11.5 Å². The molecule has 3 saturated heterocycles. The van der Waals surface area contributed by atoms with Gasteiger partial charge < -0.3 is 71.8 Å². The smallest absolute Gasteiger partial charge is 0.427 e. The Hall–Kier alpha value is -11.9. The Bertz CT molecular complexity index is 4830. The largest absolute Gasteiger partial charge is 0.487 e. The monoisotopic (exact) mass is 1550 g/mol. The second-order valence-corrected chi connectivity index (χ2v) is 31.5. The topological polar surface area (TPSA) is 407 Å². The van der Waals surface area contributed by atoms with Crippen LogP contribution in [0.1, 0.15) is 114 Å². The molecule has 8 aromatic rings. The number of likely N-dealkylation sites (N-methyl/N-ethyl adjacent to an activating group) is 2. The Morgan fingerprint density at radius 3 is 1.36 bits per heavy atom. The van der Waals surface area contributed by atoms with Crippen molar-refractivity contribution in [1.29, 1.82) is 0 Å². The van der Waals surface area contributed by atoms with Crippen LogP contribution in [-0.4, -0.2) is 198 Å². The van der Waals surface area contributed by atoms with Crippen molar-refractivity contribution in [1.82, 2.24) is 93.1 Å². The fourth-order valence-corrected chi connectivity index (χ4v) is 14.6. The van der Waals surface area contributed by atoms with Gasteiger partial charge in [-0.3, -0.25) is 43.7 Å². The first-order chi connectivity index (χ1) is 54.0. The average Bonchev–Trinajstić information content (AvgIpc) is 1.46. The number of nitrogens with one attached hydrogen (secondary N) is 10. The molecule has 32 nitrogen and oxygen atoms in total. The molecule has 13 atom stereocenters. The molecule has 2 aromatic heterocycles. The maximum atomic E-state index is 15.7. The number of aromatic nitrogens is 6. The third-order valence-corrected chi connectivity index (χ3v) is 21.3. The standard InChI is InChI=1S/C81H98N18O14/c1-45(82-9)70(100)88-67(80(3,4)5)76(106)96-33-31-63-65(96)74(104)85-60(39-49-19-25-51-15-11-13-17-53(51)35-49)72(102)84-59(69-90-79(110)113-93-69)37-47-21-27-57(28-22-47)111-43-55-41-99(95-91-55)64-32-34-97(77(107)68(81(6,7)8)89-71(101)46(2)83-10)66(64)75(105)86-61(40-50-20-26-52-16-12-14-18-54(52)36-50)73(103)87-62(78(108)109)38-48-23-29-58(30-24-48)112-44-56-42-98(63)94-92-56/h11-30,35-36,41-42,45-46,59-69,82-83,93H,31-34,37-40,43-44H2,1-10H3,(H,84,102)(H,85,104)(H,86,105)(H,87,103)(H,88,100)(H,89,101)(H,90,110)(H,108,109)/t45-,46-,59-,60-,61-,62-,63+,64+,65-,66-,67+,68+,69?/m0/s1. The van der Waals surface area contributed by atoms with Gasteiger partial charge in [-0.15, -0.1) is 15.7 Å². The summed E-state index contributed by atoms with van der Waals surface area (Å²) in [6.45, 7) is 13.8. The van der Waals surface area contributed by atoms with Crippen molar-refractivity contribution in [3.05, 3.63) is 179 Å². The van der Waals surface area contributed by atoms with Crippen molar-refractivity contribution in [2.45, 2.75) is 186 Å². The van der Waals surface area contributed by atoms with E-state index in [-0.39, 0.29) is 64.8 Å². The number of aliphatic carboxylic acids is 1. The number of rotatable bonds is 14. The molecule has 7 aliphatic heterocycles. The highest BCUT2D eigenvalue weighted by molar-refractivity contribution is 5.98. The summed E-state index contributed by atoms with van der Waals surface area (Å²) in [5.74, 6) is -5.67. The molecule has 15 rings (SSSR count). The third-order valence-electron chi connectivity index (χ3n) is 21.3. The predicted octanol–water partition coefficient (Wildman–Crippen LogP) is 3.77. The summed E-state index contributed by atoms with van der Waals surface area (Å²) < 4.78 is 15.5. The number of benzene rings is 6. The van der Waals surface area contributed by atoms with E-state index in [1.807, 2.05) is 84.9 Å². The minimum absolute atomic E-state index is 0.00343. The maximum Gasteiger partial charge on any atom is 0.427 e. The van der Waals surface area contributed by atoms with E-state index in [1.165, 1.54) is 19.2 Å². The SMILES string of the molecule is CN[C@@H](C)C(=O)N[C@H](C(=O)N1CC[C@@H]2[C@H]1C(=O)N[C@@H](Cc1ccc3ccccc3c1)C(=O)N[C@H](C(=O)O)Cc1ccc(cc1)OCc1cn(nn1)[C@@H]1CCN(C(=O)[C@@H](NC(=O)[C@H](C)NC)C(C)(C)C)[C@@H]1C(=O)N[C@@H](Cc1ccc3ccccc3c1)C(=O)N[C@H](C1NOC(=O)N1)Cc1ccc(cc1)OCc1cn2nn1)C(C)(C)C. The second-order valence-electron chi connectivity index (χ2n) is 31.5. The quantitative estimate of drug-likeness (QED) is 0.0738. The van der Waals surface area contributed by atoms with Crippen LogP contribution in [0.3, 0.4) is 0 Å². The van der Waals surface area contributed by atoms with Gasteiger partial charge in [0, 0.05) is 32.4 Å². The van der Waals surface area contributed by atoms with Gasteiger partial charge in [-0.25, -0.2) is 19.0 Å². The number of hydrogen-bond acceptors (Lipinski definition) is 20. The minimum Gasteiger partial charge on any atom is -0.487 e. The van der Waals surface area contributed by atoms with Crippen LogP contribution in [0.15, 0.2) is 146 Å². The van der Waals surface area contributed by atoms with E-state index in [9.17, 15) is 24.3 Å². The first kappa shape index (κ1) is 80.6. The molecule has 7 aliphatic rings. The predicted molar refractivity (Wildman–Crippen MR) is 414 cm³/mol. The van der Waals surface area contributed by atoms with Crippen molar-refractivity contribution in [2.75, 3.05) is 27.2 Å². The Morgan fingerprint density at radius 2 is 0.956 bits per heavy atom. The lowest BCUT2D eigenvalue weighted by Crippen LogP contribution is -2.62. The van der Waals surface area contributed by atoms with Gasteiger partial charge >= 0.3 is 12.1 Å². The van der Waals surface area contributed by atoms with Crippen molar-refractivity contribution in [3.63, 3.8) is 0 Å². The number of ether oxygens (including phenoxy) is 2. The maximum absolute atomic E-state index is 15.7. The number of carboxylic acids is 1. The van der Waals surface area contributed by atoms with Crippen molar-refractivity contribution < 1.29 is 67.4 Å². The second kappa shape index (κ2) is 34.8. The summed E-state index contributed by atoms with van der Waals surface area (Å²) in [6.07, 6.45) is 1.41. The molecule has 596 valence electrons. The highest BCUT2D eigenvalue weighted by atomic mass is 16.7. The van der Waals surface area contributed by atoms with E-state index >= 15 is 28.8 Å². The van der Waals surface area contributed by atoms with Crippen molar-refractivity contribution >= 4 is 80.9 Å². The summed E-state index contributed by atoms with van der Waals surface area (Å²) in [6, 6.07) is 26.5. The highest BCUT2D eigenvalue weighted by Crippen LogP contribution is 2.36.